The van der Waals surface area contributed by atoms with Crippen molar-refractivity contribution in [3.63, 3.8) is 0 Å². The van der Waals surface area contributed by atoms with E-state index < -0.39 is 12.2 Å². The zero-order valence-corrected chi connectivity index (χ0v) is 8.67. The van der Waals surface area contributed by atoms with Crippen molar-refractivity contribution in [2.24, 2.45) is 0 Å². The zero-order chi connectivity index (χ0) is 11.1. The van der Waals surface area contributed by atoms with Crippen molar-refractivity contribution >= 4 is 0 Å². The molecule has 0 radical (unpaired) electrons. The van der Waals surface area contributed by atoms with Crippen LogP contribution in [-0.2, 0) is 11.3 Å². The van der Waals surface area contributed by atoms with Crippen LogP contribution in [0.1, 0.15) is 5.56 Å². The third kappa shape index (κ3) is 3.70. The van der Waals surface area contributed by atoms with Gasteiger partial charge < -0.3 is 9.84 Å². The standard InChI is InChI=1S/C13H16O2/c1-3-12(14)13(4-2)15-10-11-8-6-5-7-9-11/h3-9,12-14H,1-2,10H2/t12-,13-/m0/s1. The molecule has 2 atom stereocenters. The van der Waals surface area contributed by atoms with Gasteiger partial charge >= 0.3 is 0 Å². The van der Waals surface area contributed by atoms with Crippen molar-refractivity contribution in [1.29, 1.82) is 0 Å². The van der Waals surface area contributed by atoms with Gasteiger partial charge in [-0.25, -0.2) is 0 Å². The van der Waals surface area contributed by atoms with E-state index in [9.17, 15) is 5.11 Å². The zero-order valence-electron chi connectivity index (χ0n) is 8.67. The molecule has 1 rings (SSSR count). The van der Waals surface area contributed by atoms with E-state index >= 15 is 0 Å². The maximum absolute atomic E-state index is 9.48. The van der Waals surface area contributed by atoms with Gasteiger partial charge in [-0.05, 0) is 5.56 Å². The van der Waals surface area contributed by atoms with E-state index in [1.807, 2.05) is 30.3 Å². The Morgan fingerprint density at radius 2 is 1.87 bits per heavy atom. The maximum Gasteiger partial charge on any atom is 0.105 e. The lowest BCUT2D eigenvalue weighted by Crippen LogP contribution is -2.24. The van der Waals surface area contributed by atoms with Crippen LogP contribution in [0.2, 0.25) is 0 Å². The Labute approximate surface area is 90.5 Å². The van der Waals surface area contributed by atoms with E-state index in [4.69, 9.17) is 4.74 Å². The van der Waals surface area contributed by atoms with E-state index in [0.717, 1.165) is 5.56 Å². The topological polar surface area (TPSA) is 29.5 Å². The molecule has 1 N–H and O–H groups in total. The van der Waals surface area contributed by atoms with Crippen molar-refractivity contribution in [3.8, 4) is 0 Å². The predicted octanol–water partition coefficient (Wildman–Crippen LogP) is 2.30. The van der Waals surface area contributed by atoms with E-state index in [0.29, 0.717) is 6.61 Å². The van der Waals surface area contributed by atoms with E-state index in [-0.39, 0.29) is 0 Å². The minimum Gasteiger partial charge on any atom is -0.386 e. The summed E-state index contributed by atoms with van der Waals surface area (Å²) in [4.78, 5) is 0. The average molecular weight is 204 g/mol. The summed E-state index contributed by atoms with van der Waals surface area (Å²) in [7, 11) is 0. The van der Waals surface area contributed by atoms with Crippen molar-refractivity contribution in [3.05, 3.63) is 61.2 Å². The normalized spacial score (nSPS) is 14.2. The fourth-order valence-corrected chi connectivity index (χ4v) is 1.21. The summed E-state index contributed by atoms with van der Waals surface area (Å²) in [6, 6.07) is 9.80. The molecule has 2 nitrogen and oxygen atoms in total. The predicted molar refractivity (Wildman–Crippen MR) is 61.4 cm³/mol. The third-order valence-corrected chi connectivity index (χ3v) is 2.10. The average Bonchev–Trinajstić information content (AvgIpc) is 2.31. The number of aliphatic hydroxyl groups excluding tert-OH is 1. The van der Waals surface area contributed by atoms with Crippen LogP contribution in [0, 0.1) is 0 Å². The molecule has 15 heavy (non-hydrogen) atoms. The molecule has 80 valence electrons. The van der Waals surface area contributed by atoms with Gasteiger partial charge in [0, 0.05) is 0 Å². The Kier molecular flexibility index (Phi) is 4.81. The Morgan fingerprint density at radius 3 is 2.40 bits per heavy atom. The lowest BCUT2D eigenvalue weighted by molar-refractivity contribution is 0.00226. The van der Waals surface area contributed by atoms with Crippen molar-refractivity contribution < 1.29 is 9.84 Å². The highest BCUT2D eigenvalue weighted by Gasteiger charge is 2.12. The Hall–Kier alpha value is -1.38. The molecular formula is C13H16O2. The first-order valence-corrected chi connectivity index (χ1v) is 4.86. The number of ether oxygens (including phenoxy) is 1. The summed E-state index contributed by atoms with van der Waals surface area (Å²) in [6.45, 7) is 7.58. The van der Waals surface area contributed by atoms with Gasteiger partial charge in [0.15, 0.2) is 0 Å². The van der Waals surface area contributed by atoms with Gasteiger partial charge in [0.05, 0.1) is 6.61 Å². The van der Waals surface area contributed by atoms with Gasteiger partial charge in [-0.3, -0.25) is 0 Å². The largest absolute Gasteiger partial charge is 0.386 e. The van der Waals surface area contributed by atoms with Gasteiger partial charge in [-0.2, -0.15) is 0 Å². The molecular weight excluding hydrogens is 188 g/mol. The maximum atomic E-state index is 9.48. The molecule has 0 aliphatic carbocycles. The first-order chi connectivity index (χ1) is 7.27. The van der Waals surface area contributed by atoms with Gasteiger partial charge in [0.2, 0.25) is 0 Å². The highest BCUT2D eigenvalue weighted by Crippen LogP contribution is 2.07. The van der Waals surface area contributed by atoms with Crippen molar-refractivity contribution in [1.82, 2.24) is 0 Å². The number of rotatable bonds is 6. The van der Waals surface area contributed by atoms with E-state index in [1.165, 1.54) is 6.08 Å². The lowest BCUT2D eigenvalue weighted by atomic mass is 10.2. The second-order valence-corrected chi connectivity index (χ2v) is 3.22. The van der Waals surface area contributed by atoms with Crippen LogP contribution in [0.4, 0.5) is 0 Å². The molecule has 0 aliphatic rings. The smallest absolute Gasteiger partial charge is 0.105 e. The Bertz CT molecular complexity index is 306. The number of aliphatic hydroxyl groups is 1. The minimum atomic E-state index is -0.703. The summed E-state index contributed by atoms with van der Waals surface area (Å²) in [5, 5.41) is 9.48. The summed E-state index contributed by atoms with van der Waals surface area (Å²) in [6.07, 6.45) is 1.92. The minimum absolute atomic E-state index is 0.400. The van der Waals surface area contributed by atoms with E-state index in [1.54, 1.807) is 6.08 Å². The quantitative estimate of drug-likeness (QED) is 0.720. The van der Waals surface area contributed by atoms with E-state index in [2.05, 4.69) is 13.2 Å². The first-order valence-electron chi connectivity index (χ1n) is 4.86. The summed E-state index contributed by atoms with van der Waals surface area (Å²) < 4.78 is 5.49. The van der Waals surface area contributed by atoms with Crippen LogP contribution in [0.15, 0.2) is 55.6 Å². The number of hydrogen-bond donors (Lipinski definition) is 1. The molecule has 0 aliphatic heterocycles. The first kappa shape index (κ1) is 11.7. The molecule has 0 bridgehead atoms. The van der Waals surface area contributed by atoms with Crippen LogP contribution >= 0.6 is 0 Å². The second-order valence-electron chi connectivity index (χ2n) is 3.22. The molecule has 0 unspecified atom stereocenters. The number of benzene rings is 1. The van der Waals surface area contributed by atoms with Crippen LogP contribution < -0.4 is 0 Å². The molecule has 0 amide bonds. The Morgan fingerprint density at radius 1 is 1.20 bits per heavy atom. The monoisotopic (exact) mass is 204 g/mol. The fourth-order valence-electron chi connectivity index (χ4n) is 1.21. The van der Waals surface area contributed by atoms with Crippen molar-refractivity contribution in [2.45, 2.75) is 18.8 Å². The van der Waals surface area contributed by atoms with Crippen LogP contribution in [0.5, 0.6) is 0 Å². The number of hydrogen-bond acceptors (Lipinski definition) is 2. The summed E-state index contributed by atoms with van der Waals surface area (Å²) in [5.74, 6) is 0. The van der Waals surface area contributed by atoms with Crippen LogP contribution in [0.25, 0.3) is 0 Å². The van der Waals surface area contributed by atoms with Gasteiger partial charge in [-0.15, -0.1) is 13.2 Å². The fraction of sp³-hybridized carbons (Fsp3) is 0.231. The summed E-state index contributed by atoms with van der Waals surface area (Å²) >= 11 is 0. The third-order valence-electron chi connectivity index (χ3n) is 2.10. The van der Waals surface area contributed by atoms with Crippen LogP contribution in [0.3, 0.4) is 0 Å². The second kappa shape index (κ2) is 6.17. The summed E-state index contributed by atoms with van der Waals surface area (Å²) in [5.41, 5.74) is 1.07. The van der Waals surface area contributed by atoms with Crippen molar-refractivity contribution in [2.75, 3.05) is 0 Å². The van der Waals surface area contributed by atoms with Gasteiger partial charge in [-0.1, -0.05) is 42.5 Å². The molecule has 0 aromatic heterocycles. The van der Waals surface area contributed by atoms with Gasteiger partial charge in [0.1, 0.15) is 12.2 Å². The highest BCUT2D eigenvalue weighted by atomic mass is 16.5. The molecule has 0 fully saturated rings. The molecule has 1 aromatic carbocycles. The molecule has 0 spiro atoms. The molecule has 2 heteroatoms. The Balaban J connectivity index is 2.48. The van der Waals surface area contributed by atoms with Gasteiger partial charge in [0.25, 0.3) is 0 Å². The molecule has 0 saturated heterocycles. The molecule has 0 saturated carbocycles. The van der Waals surface area contributed by atoms with Crippen LogP contribution in [-0.4, -0.2) is 17.3 Å². The highest BCUT2D eigenvalue weighted by molar-refractivity contribution is 5.13. The molecule has 0 heterocycles. The molecule has 1 aromatic rings. The lowest BCUT2D eigenvalue weighted by Gasteiger charge is -2.17. The SMILES string of the molecule is C=C[C@H](OCc1ccccc1)[C@@H](O)C=C.